The molecule has 0 saturated heterocycles. The van der Waals surface area contributed by atoms with Gasteiger partial charge in [-0.05, 0) is 36.4 Å². The van der Waals surface area contributed by atoms with Crippen LogP contribution in [0.1, 0.15) is 17.3 Å². The van der Waals surface area contributed by atoms with Crippen LogP contribution >= 0.6 is 0 Å². The Kier molecular flexibility index (Phi) is 3.91. The van der Waals surface area contributed by atoms with E-state index in [1.165, 1.54) is 11.5 Å². The van der Waals surface area contributed by atoms with Crippen molar-refractivity contribution in [1.82, 2.24) is 4.57 Å². The molecule has 2 N–H and O–H groups in total. The number of amides is 2. The van der Waals surface area contributed by atoms with Crippen LogP contribution in [0.5, 0.6) is 0 Å². The standard InChI is InChI=1S/C17H15N3O4/c1-10(21)18-12-4-3-5-13(9-12)19-16(22)11-6-7-15-14(8-11)20(2)17(23)24-15/h3-9H,1-2H3,(H,18,21)(H,19,22). The van der Waals surface area contributed by atoms with Crippen molar-refractivity contribution in [2.45, 2.75) is 6.92 Å². The maximum atomic E-state index is 12.4. The summed E-state index contributed by atoms with van der Waals surface area (Å²) < 4.78 is 6.38. The fraction of sp³-hybridized carbons (Fsp3) is 0.118. The Labute approximate surface area is 136 Å². The third kappa shape index (κ3) is 3.05. The van der Waals surface area contributed by atoms with Crippen LogP contribution in [-0.2, 0) is 11.8 Å². The van der Waals surface area contributed by atoms with Crippen LogP contribution < -0.4 is 16.4 Å². The predicted molar refractivity (Wildman–Crippen MR) is 90.2 cm³/mol. The molecule has 7 heteroatoms. The zero-order chi connectivity index (χ0) is 17.3. The summed E-state index contributed by atoms with van der Waals surface area (Å²) >= 11 is 0. The molecule has 2 aromatic carbocycles. The third-order valence-corrected chi connectivity index (χ3v) is 3.49. The molecule has 0 fully saturated rings. The van der Waals surface area contributed by atoms with E-state index in [0.717, 1.165) is 0 Å². The van der Waals surface area contributed by atoms with Crippen LogP contribution in [0.25, 0.3) is 11.1 Å². The molecule has 0 radical (unpaired) electrons. The van der Waals surface area contributed by atoms with Crippen LogP contribution in [0.3, 0.4) is 0 Å². The lowest BCUT2D eigenvalue weighted by molar-refractivity contribution is -0.114. The highest BCUT2D eigenvalue weighted by Gasteiger charge is 2.11. The number of nitrogens with one attached hydrogen (secondary N) is 2. The van der Waals surface area contributed by atoms with Crippen LogP contribution in [0.4, 0.5) is 11.4 Å². The zero-order valence-corrected chi connectivity index (χ0v) is 13.1. The molecule has 0 unspecified atom stereocenters. The van der Waals surface area contributed by atoms with Crippen LogP contribution in [0.2, 0.25) is 0 Å². The summed E-state index contributed by atoms with van der Waals surface area (Å²) in [7, 11) is 1.58. The summed E-state index contributed by atoms with van der Waals surface area (Å²) in [5.41, 5.74) is 2.50. The van der Waals surface area contributed by atoms with Crippen LogP contribution in [0, 0.1) is 0 Å². The van der Waals surface area contributed by atoms with Crippen molar-refractivity contribution in [3.05, 3.63) is 58.6 Å². The Morgan fingerprint density at radius 2 is 1.75 bits per heavy atom. The number of fused-ring (bicyclic) bond motifs is 1. The predicted octanol–water partition coefficient (Wildman–Crippen LogP) is 2.34. The first-order valence-corrected chi connectivity index (χ1v) is 7.22. The molecule has 1 aromatic heterocycles. The number of aryl methyl sites for hydroxylation is 1. The minimum Gasteiger partial charge on any atom is -0.408 e. The molecular formula is C17H15N3O4. The van der Waals surface area contributed by atoms with Gasteiger partial charge in [-0.15, -0.1) is 0 Å². The quantitative estimate of drug-likeness (QED) is 0.773. The average molecular weight is 325 g/mol. The minimum absolute atomic E-state index is 0.190. The van der Waals surface area contributed by atoms with E-state index in [4.69, 9.17) is 4.42 Å². The van der Waals surface area contributed by atoms with Gasteiger partial charge in [-0.3, -0.25) is 14.2 Å². The van der Waals surface area contributed by atoms with Crippen LogP contribution in [-0.4, -0.2) is 16.4 Å². The second-order valence-electron chi connectivity index (χ2n) is 5.33. The number of nitrogens with zero attached hydrogens (tertiary/aromatic N) is 1. The molecule has 0 saturated carbocycles. The van der Waals surface area contributed by atoms with Gasteiger partial charge in [0, 0.05) is 30.9 Å². The van der Waals surface area contributed by atoms with E-state index in [2.05, 4.69) is 10.6 Å². The van der Waals surface area contributed by atoms with Gasteiger partial charge in [0.1, 0.15) is 0 Å². The molecule has 0 aliphatic rings. The number of hydrogen-bond donors (Lipinski definition) is 2. The molecule has 0 spiro atoms. The van der Waals surface area contributed by atoms with Gasteiger partial charge in [-0.2, -0.15) is 0 Å². The highest BCUT2D eigenvalue weighted by atomic mass is 16.4. The minimum atomic E-state index is -0.481. The second-order valence-corrected chi connectivity index (χ2v) is 5.33. The average Bonchev–Trinajstić information content (AvgIpc) is 2.81. The van der Waals surface area contributed by atoms with Gasteiger partial charge in [0.05, 0.1) is 5.52 Å². The number of anilines is 2. The van der Waals surface area contributed by atoms with Gasteiger partial charge in [-0.25, -0.2) is 4.79 Å². The monoisotopic (exact) mass is 325 g/mol. The largest absolute Gasteiger partial charge is 0.419 e. The Hall–Kier alpha value is -3.35. The van der Waals surface area contributed by atoms with Crippen molar-refractivity contribution in [2.75, 3.05) is 10.6 Å². The maximum Gasteiger partial charge on any atom is 0.419 e. The molecule has 7 nitrogen and oxygen atoms in total. The van der Waals surface area contributed by atoms with Gasteiger partial charge in [0.25, 0.3) is 5.91 Å². The van der Waals surface area contributed by atoms with Gasteiger partial charge < -0.3 is 15.1 Å². The van der Waals surface area contributed by atoms with Crippen molar-refractivity contribution in [1.29, 1.82) is 0 Å². The fourth-order valence-corrected chi connectivity index (χ4v) is 2.35. The van der Waals surface area contributed by atoms with Crippen molar-refractivity contribution >= 4 is 34.3 Å². The first kappa shape index (κ1) is 15.5. The molecule has 2 amide bonds. The van der Waals surface area contributed by atoms with Gasteiger partial charge in [-0.1, -0.05) is 6.07 Å². The number of oxazole rings is 1. The number of hydrogen-bond acceptors (Lipinski definition) is 4. The van der Waals surface area contributed by atoms with E-state index in [1.54, 1.807) is 49.5 Å². The molecule has 1 heterocycles. The highest BCUT2D eigenvalue weighted by molar-refractivity contribution is 6.06. The third-order valence-electron chi connectivity index (χ3n) is 3.49. The number of aromatic nitrogens is 1. The normalized spacial score (nSPS) is 10.6. The fourth-order valence-electron chi connectivity index (χ4n) is 2.35. The van der Waals surface area contributed by atoms with E-state index in [9.17, 15) is 14.4 Å². The zero-order valence-electron chi connectivity index (χ0n) is 13.1. The number of carbonyl (C=O) groups is 2. The SMILES string of the molecule is CC(=O)Nc1cccc(NC(=O)c2ccc3oc(=O)n(C)c3c2)c1. The Morgan fingerprint density at radius 3 is 2.46 bits per heavy atom. The lowest BCUT2D eigenvalue weighted by Gasteiger charge is -2.08. The van der Waals surface area contributed by atoms with E-state index in [0.29, 0.717) is 28.0 Å². The summed E-state index contributed by atoms with van der Waals surface area (Å²) in [6.45, 7) is 1.41. The summed E-state index contributed by atoms with van der Waals surface area (Å²) in [5.74, 6) is -0.999. The Bertz CT molecular complexity index is 1000. The van der Waals surface area contributed by atoms with E-state index < -0.39 is 5.76 Å². The Balaban J connectivity index is 1.86. The highest BCUT2D eigenvalue weighted by Crippen LogP contribution is 2.18. The summed E-state index contributed by atoms with van der Waals surface area (Å²) in [5, 5.41) is 5.41. The summed E-state index contributed by atoms with van der Waals surface area (Å²) in [4.78, 5) is 35.0. The van der Waals surface area contributed by atoms with E-state index >= 15 is 0 Å². The lowest BCUT2D eigenvalue weighted by atomic mass is 10.2. The van der Waals surface area contributed by atoms with Gasteiger partial charge >= 0.3 is 5.76 Å². The van der Waals surface area contributed by atoms with E-state index in [-0.39, 0.29) is 11.8 Å². The molecule has 0 atom stereocenters. The maximum absolute atomic E-state index is 12.4. The molecule has 122 valence electrons. The number of rotatable bonds is 3. The first-order chi connectivity index (χ1) is 11.4. The molecule has 24 heavy (non-hydrogen) atoms. The summed E-state index contributed by atoms with van der Waals surface area (Å²) in [6.07, 6.45) is 0. The van der Waals surface area contributed by atoms with Gasteiger partial charge in [0.15, 0.2) is 5.58 Å². The van der Waals surface area contributed by atoms with Crippen molar-refractivity contribution in [3.63, 3.8) is 0 Å². The lowest BCUT2D eigenvalue weighted by Crippen LogP contribution is -2.13. The number of carbonyl (C=O) groups excluding carboxylic acids is 2. The number of benzene rings is 2. The second kappa shape index (κ2) is 6.04. The van der Waals surface area contributed by atoms with Gasteiger partial charge in [0.2, 0.25) is 5.91 Å². The van der Waals surface area contributed by atoms with Crippen molar-refractivity contribution in [3.8, 4) is 0 Å². The van der Waals surface area contributed by atoms with Crippen molar-refractivity contribution in [2.24, 2.45) is 7.05 Å². The molecule has 0 aliphatic heterocycles. The van der Waals surface area contributed by atoms with E-state index in [1.807, 2.05) is 0 Å². The molecular weight excluding hydrogens is 310 g/mol. The first-order valence-electron chi connectivity index (χ1n) is 7.22. The topological polar surface area (TPSA) is 93.3 Å². The molecule has 3 rings (SSSR count). The summed E-state index contributed by atoms with van der Waals surface area (Å²) in [6, 6.07) is 11.6. The van der Waals surface area contributed by atoms with Crippen molar-refractivity contribution < 1.29 is 14.0 Å². The molecule has 0 aliphatic carbocycles. The molecule has 3 aromatic rings. The van der Waals surface area contributed by atoms with Crippen LogP contribution in [0.15, 0.2) is 51.7 Å². The smallest absolute Gasteiger partial charge is 0.408 e. The Morgan fingerprint density at radius 1 is 1.04 bits per heavy atom. The molecule has 0 bridgehead atoms.